The molecule has 4 nitrogen and oxygen atoms in total. The summed E-state index contributed by atoms with van der Waals surface area (Å²) in [6, 6.07) is 13.2. The maximum atomic E-state index is 5.89. The number of benzene rings is 1. The predicted molar refractivity (Wildman–Crippen MR) is 78.7 cm³/mol. The molecule has 19 heavy (non-hydrogen) atoms. The SMILES string of the molecule is Nc1cc(Cl)nc(Nc2cccc3cccnc23)c1. The average molecular weight is 271 g/mol. The number of hydrogen-bond donors (Lipinski definition) is 2. The van der Waals surface area contributed by atoms with E-state index < -0.39 is 0 Å². The van der Waals surface area contributed by atoms with Crippen LogP contribution in [0.15, 0.2) is 48.7 Å². The zero-order chi connectivity index (χ0) is 13.2. The second kappa shape index (κ2) is 4.74. The van der Waals surface area contributed by atoms with E-state index in [1.165, 1.54) is 0 Å². The van der Waals surface area contributed by atoms with Gasteiger partial charge < -0.3 is 11.1 Å². The van der Waals surface area contributed by atoms with Crippen LogP contribution in [-0.2, 0) is 0 Å². The zero-order valence-corrected chi connectivity index (χ0v) is 10.7. The number of nitrogen functional groups attached to an aromatic ring is 1. The molecule has 0 atom stereocenters. The maximum Gasteiger partial charge on any atom is 0.134 e. The number of halogens is 1. The largest absolute Gasteiger partial charge is 0.399 e. The molecule has 0 aliphatic carbocycles. The summed E-state index contributed by atoms with van der Waals surface area (Å²) in [4.78, 5) is 8.55. The molecular formula is C14H11ClN4. The Morgan fingerprint density at radius 1 is 1.11 bits per heavy atom. The molecule has 3 rings (SSSR count). The summed E-state index contributed by atoms with van der Waals surface area (Å²) >= 11 is 5.89. The van der Waals surface area contributed by atoms with Gasteiger partial charge in [-0.15, -0.1) is 0 Å². The van der Waals surface area contributed by atoms with Crippen molar-refractivity contribution in [3.05, 3.63) is 53.8 Å². The molecule has 0 saturated heterocycles. The van der Waals surface area contributed by atoms with Gasteiger partial charge in [-0.25, -0.2) is 4.98 Å². The van der Waals surface area contributed by atoms with E-state index in [0.717, 1.165) is 16.6 Å². The summed E-state index contributed by atoms with van der Waals surface area (Å²) in [7, 11) is 0. The van der Waals surface area contributed by atoms with Crippen LogP contribution in [0.5, 0.6) is 0 Å². The molecule has 0 saturated carbocycles. The van der Waals surface area contributed by atoms with E-state index in [2.05, 4.69) is 15.3 Å². The van der Waals surface area contributed by atoms with Crippen LogP contribution in [0, 0.1) is 0 Å². The van der Waals surface area contributed by atoms with Crippen molar-refractivity contribution in [1.29, 1.82) is 0 Å². The van der Waals surface area contributed by atoms with E-state index in [1.54, 1.807) is 18.3 Å². The van der Waals surface area contributed by atoms with Gasteiger partial charge in [-0.05, 0) is 18.2 Å². The minimum absolute atomic E-state index is 0.357. The predicted octanol–water partition coefficient (Wildman–Crippen LogP) is 3.61. The summed E-state index contributed by atoms with van der Waals surface area (Å²) in [5.41, 5.74) is 8.06. The Morgan fingerprint density at radius 3 is 2.79 bits per heavy atom. The van der Waals surface area contributed by atoms with Gasteiger partial charge in [-0.3, -0.25) is 4.98 Å². The Hall–Kier alpha value is -2.33. The molecule has 0 aliphatic rings. The van der Waals surface area contributed by atoms with Crippen LogP contribution in [0.1, 0.15) is 0 Å². The lowest BCUT2D eigenvalue weighted by Crippen LogP contribution is -1.97. The first-order valence-corrected chi connectivity index (χ1v) is 6.14. The minimum atomic E-state index is 0.357. The number of rotatable bonds is 2. The fourth-order valence-electron chi connectivity index (χ4n) is 1.92. The second-order valence-electron chi connectivity index (χ2n) is 4.11. The molecule has 1 aromatic carbocycles. The second-order valence-corrected chi connectivity index (χ2v) is 4.50. The maximum absolute atomic E-state index is 5.89. The van der Waals surface area contributed by atoms with Gasteiger partial charge in [0.25, 0.3) is 0 Å². The third-order valence-electron chi connectivity index (χ3n) is 2.71. The number of nitrogens with two attached hydrogens (primary N) is 1. The number of nitrogens with zero attached hydrogens (tertiary/aromatic N) is 2. The highest BCUT2D eigenvalue weighted by atomic mass is 35.5. The molecule has 0 amide bonds. The van der Waals surface area contributed by atoms with Gasteiger partial charge in [-0.2, -0.15) is 0 Å². The molecule has 94 valence electrons. The molecule has 0 bridgehead atoms. The minimum Gasteiger partial charge on any atom is -0.399 e. The number of nitrogens with one attached hydrogen (secondary N) is 1. The molecule has 5 heteroatoms. The molecule has 0 fully saturated rings. The van der Waals surface area contributed by atoms with Gasteiger partial charge >= 0.3 is 0 Å². The van der Waals surface area contributed by atoms with E-state index in [0.29, 0.717) is 16.7 Å². The van der Waals surface area contributed by atoms with Crippen molar-refractivity contribution in [2.45, 2.75) is 0 Å². The van der Waals surface area contributed by atoms with Crippen LogP contribution in [0.2, 0.25) is 5.15 Å². The Balaban J connectivity index is 2.05. The number of hydrogen-bond acceptors (Lipinski definition) is 4. The lowest BCUT2D eigenvalue weighted by molar-refractivity contribution is 1.31. The first-order valence-electron chi connectivity index (χ1n) is 5.76. The van der Waals surface area contributed by atoms with Crippen LogP contribution >= 0.6 is 11.6 Å². The highest BCUT2D eigenvalue weighted by molar-refractivity contribution is 6.29. The first-order chi connectivity index (χ1) is 9.22. The van der Waals surface area contributed by atoms with Crippen molar-refractivity contribution >= 4 is 39.7 Å². The number of aromatic nitrogens is 2. The van der Waals surface area contributed by atoms with E-state index in [-0.39, 0.29) is 0 Å². The van der Waals surface area contributed by atoms with Gasteiger partial charge in [0, 0.05) is 23.3 Å². The van der Waals surface area contributed by atoms with E-state index in [9.17, 15) is 0 Å². The van der Waals surface area contributed by atoms with Gasteiger partial charge in [0.05, 0.1) is 11.2 Å². The van der Waals surface area contributed by atoms with Gasteiger partial charge in [0.2, 0.25) is 0 Å². The Labute approximate surface area is 115 Å². The molecule has 0 spiro atoms. The Morgan fingerprint density at radius 2 is 1.95 bits per heavy atom. The summed E-state index contributed by atoms with van der Waals surface area (Å²) in [5.74, 6) is 0.600. The van der Waals surface area contributed by atoms with Crippen LogP contribution in [-0.4, -0.2) is 9.97 Å². The highest BCUT2D eigenvalue weighted by Crippen LogP contribution is 2.25. The normalized spacial score (nSPS) is 10.6. The quantitative estimate of drug-likeness (QED) is 0.698. The van der Waals surface area contributed by atoms with E-state index >= 15 is 0 Å². The van der Waals surface area contributed by atoms with Crippen LogP contribution < -0.4 is 11.1 Å². The van der Waals surface area contributed by atoms with Crippen molar-refractivity contribution in [3.63, 3.8) is 0 Å². The fourth-order valence-corrected chi connectivity index (χ4v) is 2.14. The summed E-state index contributed by atoms with van der Waals surface area (Å²) in [6.45, 7) is 0. The van der Waals surface area contributed by atoms with Crippen LogP contribution in [0.3, 0.4) is 0 Å². The third kappa shape index (κ3) is 2.44. The highest BCUT2D eigenvalue weighted by Gasteiger charge is 2.04. The smallest absolute Gasteiger partial charge is 0.134 e. The third-order valence-corrected chi connectivity index (χ3v) is 2.91. The van der Waals surface area contributed by atoms with Gasteiger partial charge in [0.1, 0.15) is 11.0 Å². The first kappa shape index (κ1) is 11.7. The Kier molecular flexibility index (Phi) is 2.93. The topological polar surface area (TPSA) is 63.8 Å². The molecule has 2 heterocycles. The molecule has 0 radical (unpaired) electrons. The Bertz CT molecular complexity index is 717. The molecule has 0 aliphatic heterocycles. The lowest BCUT2D eigenvalue weighted by Gasteiger charge is -2.09. The zero-order valence-electron chi connectivity index (χ0n) is 9.97. The lowest BCUT2D eigenvalue weighted by atomic mass is 10.2. The monoisotopic (exact) mass is 270 g/mol. The molecular weight excluding hydrogens is 260 g/mol. The number of pyridine rings is 2. The van der Waals surface area contributed by atoms with Crippen molar-refractivity contribution in [3.8, 4) is 0 Å². The summed E-state index contributed by atoms with van der Waals surface area (Å²) < 4.78 is 0. The van der Waals surface area contributed by atoms with E-state index in [1.807, 2.05) is 30.3 Å². The number of anilines is 3. The van der Waals surface area contributed by atoms with Gasteiger partial charge in [0.15, 0.2) is 0 Å². The van der Waals surface area contributed by atoms with E-state index in [4.69, 9.17) is 17.3 Å². The van der Waals surface area contributed by atoms with Crippen molar-refractivity contribution in [2.75, 3.05) is 11.1 Å². The van der Waals surface area contributed by atoms with Crippen LogP contribution in [0.25, 0.3) is 10.9 Å². The molecule has 3 aromatic rings. The average Bonchev–Trinajstić information content (AvgIpc) is 2.38. The summed E-state index contributed by atoms with van der Waals surface area (Å²) in [6.07, 6.45) is 1.76. The standard InChI is InChI=1S/C14H11ClN4/c15-12-7-10(16)8-13(19-12)18-11-5-1-3-9-4-2-6-17-14(9)11/h1-8H,(H3,16,18,19). The fraction of sp³-hybridized carbons (Fsp3) is 0. The van der Waals surface area contributed by atoms with Crippen LogP contribution in [0.4, 0.5) is 17.2 Å². The van der Waals surface area contributed by atoms with Crippen molar-refractivity contribution < 1.29 is 0 Å². The molecule has 3 N–H and O–H groups in total. The number of para-hydroxylation sites is 1. The molecule has 0 unspecified atom stereocenters. The molecule has 2 aromatic heterocycles. The van der Waals surface area contributed by atoms with Crippen molar-refractivity contribution in [2.24, 2.45) is 0 Å². The van der Waals surface area contributed by atoms with Gasteiger partial charge in [-0.1, -0.05) is 29.8 Å². The number of fused-ring (bicyclic) bond motifs is 1. The summed E-state index contributed by atoms with van der Waals surface area (Å²) in [5, 5.41) is 4.61. The van der Waals surface area contributed by atoms with Crippen molar-refractivity contribution in [1.82, 2.24) is 9.97 Å².